The van der Waals surface area contributed by atoms with Crippen LogP contribution in [0.5, 0.6) is 0 Å². The van der Waals surface area contributed by atoms with Crippen molar-refractivity contribution in [2.24, 2.45) is 0 Å². The number of fused-ring (bicyclic) bond motifs is 6. The van der Waals surface area contributed by atoms with Gasteiger partial charge in [0.05, 0.1) is 0 Å². The van der Waals surface area contributed by atoms with Crippen LogP contribution in [-0.2, 0) is 4.79 Å². The van der Waals surface area contributed by atoms with E-state index in [-0.39, 0.29) is 5.91 Å². The Morgan fingerprint density at radius 3 is 1.31 bits per heavy atom. The number of carbonyl (C=O) groups excluding carboxylic acids is 1. The van der Waals surface area contributed by atoms with E-state index in [1.807, 2.05) is 84.9 Å². The smallest absolute Gasteiger partial charge is 0.228 e. The van der Waals surface area contributed by atoms with Crippen LogP contribution in [0, 0.1) is 0 Å². The van der Waals surface area contributed by atoms with Gasteiger partial charge in [-0.05, 0) is 47.5 Å². The zero-order valence-corrected chi connectivity index (χ0v) is 22.9. The average Bonchev–Trinajstić information content (AvgIpc) is 3.60. The van der Waals surface area contributed by atoms with Gasteiger partial charge in [0.2, 0.25) is 5.91 Å². The fourth-order valence-corrected chi connectivity index (χ4v) is 6.04. The molecule has 0 aliphatic rings. The van der Waals surface area contributed by atoms with Crippen molar-refractivity contribution in [3.05, 3.63) is 133 Å². The highest BCUT2D eigenvalue weighted by atomic mass is 16.3. The molecule has 4 nitrogen and oxygen atoms in total. The summed E-state index contributed by atoms with van der Waals surface area (Å²) in [4.78, 5) is 14.6. The molecular formula is C38H25NO3. The minimum Gasteiger partial charge on any atom is -0.455 e. The van der Waals surface area contributed by atoms with Crippen molar-refractivity contribution in [1.82, 2.24) is 0 Å². The monoisotopic (exact) mass is 543 g/mol. The number of amides is 1. The first-order valence-corrected chi connectivity index (χ1v) is 14.0. The number of nitrogens with zero attached hydrogens (tertiary/aromatic N) is 1. The molecular weight excluding hydrogens is 518 g/mol. The second-order valence-corrected chi connectivity index (χ2v) is 10.5. The highest BCUT2D eigenvalue weighted by Crippen LogP contribution is 2.38. The lowest BCUT2D eigenvalue weighted by molar-refractivity contribution is -0.115. The lowest BCUT2D eigenvalue weighted by Crippen LogP contribution is -2.22. The Labute approximate surface area is 242 Å². The standard InChI is InChI=1S/C38H25NO3/c1-24(40)39(27-20-16-25(17-21-27)29-10-6-12-33-31-8-2-4-14-35(31)41-37(29)33)28-22-18-26(19-23-28)30-11-7-13-34-32-9-3-5-15-36(32)42-38(30)34/h2-23H,1H3. The highest BCUT2D eigenvalue weighted by Gasteiger charge is 2.17. The molecule has 0 spiro atoms. The van der Waals surface area contributed by atoms with Crippen molar-refractivity contribution in [2.75, 3.05) is 4.90 Å². The molecule has 0 aliphatic heterocycles. The van der Waals surface area contributed by atoms with Gasteiger partial charge in [-0.25, -0.2) is 0 Å². The van der Waals surface area contributed by atoms with Crippen molar-refractivity contribution in [3.63, 3.8) is 0 Å². The van der Waals surface area contributed by atoms with Gasteiger partial charge in [-0.3, -0.25) is 9.69 Å². The molecule has 200 valence electrons. The number of furan rings is 2. The molecule has 6 aromatic carbocycles. The second kappa shape index (κ2) is 9.50. The minimum absolute atomic E-state index is 0.0609. The summed E-state index contributed by atoms with van der Waals surface area (Å²) in [5.41, 5.74) is 9.18. The maximum Gasteiger partial charge on any atom is 0.228 e. The van der Waals surface area contributed by atoms with E-state index in [0.29, 0.717) is 0 Å². The van der Waals surface area contributed by atoms with E-state index in [1.54, 1.807) is 11.8 Å². The molecule has 0 fully saturated rings. The summed E-state index contributed by atoms with van der Waals surface area (Å²) in [5, 5.41) is 4.40. The summed E-state index contributed by atoms with van der Waals surface area (Å²) in [6.45, 7) is 1.59. The van der Waals surface area contributed by atoms with Crippen LogP contribution in [0.2, 0.25) is 0 Å². The van der Waals surface area contributed by atoms with E-state index in [2.05, 4.69) is 48.5 Å². The van der Waals surface area contributed by atoms with Crippen LogP contribution in [0.3, 0.4) is 0 Å². The van der Waals surface area contributed by atoms with Gasteiger partial charge in [0.25, 0.3) is 0 Å². The van der Waals surface area contributed by atoms with Crippen molar-refractivity contribution in [1.29, 1.82) is 0 Å². The van der Waals surface area contributed by atoms with Gasteiger partial charge >= 0.3 is 0 Å². The predicted octanol–water partition coefficient (Wildman–Crippen LogP) is 10.5. The minimum atomic E-state index is -0.0609. The molecule has 8 aromatic rings. The Balaban J connectivity index is 1.14. The van der Waals surface area contributed by atoms with Crippen LogP contribution in [0.1, 0.15) is 6.92 Å². The van der Waals surface area contributed by atoms with E-state index in [0.717, 1.165) is 77.5 Å². The van der Waals surface area contributed by atoms with E-state index < -0.39 is 0 Å². The molecule has 0 unspecified atom stereocenters. The number of anilines is 2. The molecule has 2 aromatic heterocycles. The summed E-state index contributed by atoms with van der Waals surface area (Å²) < 4.78 is 12.5. The molecule has 0 saturated carbocycles. The molecule has 1 amide bonds. The highest BCUT2D eigenvalue weighted by molar-refractivity contribution is 6.11. The first-order chi connectivity index (χ1) is 20.7. The van der Waals surface area contributed by atoms with Crippen LogP contribution in [0.4, 0.5) is 11.4 Å². The number of hydrogen-bond donors (Lipinski definition) is 0. The van der Waals surface area contributed by atoms with Crippen LogP contribution in [0.25, 0.3) is 66.1 Å². The van der Waals surface area contributed by atoms with Crippen molar-refractivity contribution >= 4 is 61.2 Å². The van der Waals surface area contributed by atoms with Gasteiger partial charge < -0.3 is 8.83 Å². The van der Waals surface area contributed by atoms with Gasteiger partial charge in [-0.15, -0.1) is 0 Å². The maximum absolute atomic E-state index is 12.9. The molecule has 0 N–H and O–H groups in total. The van der Waals surface area contributed by atoms with Gasteiger partial charge in [-0.2, -0.15) is 0 Å². The second-order valence-electron chi connectivity index (χ2n) is 10.5. The summed E-state index contributed by atoms with van der Waals surface area (Å²) in [6, 6.07) is 44.8. The van der Waals surface area contributed by atoms with Gasteiger partial charge in [-0.1, -0.05) is 97.1 Å². The molecule has 0 aliphatic carbocycles. The Bertz CT molecular complexity index is 2110. The molecule has 4 heteroatoms. The van der Waals surface area contributed by atoms with Crippen LogP contribution in [0.15, 0.2) is 142 Å². The van der Waals surface area contributed by atoms with E-state index in [1.165, 1.54) is 0 Å². The third-order valence-corrected chi connectivity index (χ3v) is 8.00. The molecule has 0 atom stereocenters. The summed E-state index contributed by atoms with van der Waals surface area (Å²) in [7, 11) is 0. The Morgan fingerprint density at radius 2 is 0.881 bits per heavy atom. The first-order valence-electron chi connectivity index (χ1n) is 14.0. The van der Waals surface area contributed by atoms with Gasteiger partial charge in [0, 0.05) is 51.0 Å². The Morgan fingerprint density at radius 1 is 0.476 bits per heavy atom. The lowest BCUT2D eigenvalue weighted by atomic mass is 10.0. The molecule has 0 saturated heterocycles. The molecule has 0 radical (unpaired) electrons. The Hall–Kier alpha value is -5.61. The quantitative estimate of drug-likeness (QED) is 0.222. The number of benzene rings is 6. The maximum atomic E-state index is 12.9. The molecule has 2 heterocycles. The van der Waals surface area contributed by atoms with Crippen LogP contribution >= 0.6 is 0 Å². The first kappa shape index (κ1) is 24.2. The topological polar surface area (TPSA) is 46.6 Å². The molecule has 0 bridgehead atoms. The van der Waals surface area contributed by atoms with Crippen LogP contribution in [-0.4, -0.2) is 5.91 Å². The van der Waals surface area contributed by atoms with Crippen molar-refractivity contribution < 1.29 is 13.6 Å². The number of carbonyl (C=O) groups is 1. The fourth-order valence-electron chi connectivity index (χ4n) is 6.04. The van der Waals surface area contributed by atoms with Crippen LogP contribution < -0.4 is 4.90 Å². The third kappa shape index (κ3) is 3.80. The zero-order valence-electron chi connectivity index (χ0n) is 22.9. The summed E-state index contributed by atoms with van der Waals surface area (Å²) >= 11 is 0. The van der Waals surface area contributed by atoms with Crippen molar-refractivity contribution in [3.8, 4) is 22.3 Å². The van der Waals surface area contributed by atoms with Crippen molar-refractivity contribution in [2.45, 2.75) is 6.92 Å². The van der Waals surface area contributed by atoms with E-state index >= 15 is 0 Å². The zero-order chi connectivity index (χ0) is 28.2. The van der Waals surface area contributed by atoms with Gasteiger partial charge in [0.1, 0.15) is 22.3 Å². The molecule has 42 heavy (non-hydrogen) atoms. The summed E-state index contributed by atoms with van der Waals surface area (Å²) in [5.74, 6) is -0.0609. The van der Waals surface area contributed by atoms with Gasteiger partial charge in [0.15, 0.2) is 0 Å². The lowest BCUT2D eigenvalue weighted by Gasteiger charge is -2.22. The largest absolute Gasteiger partial charge is 0.455 e. The summed E-state index contributed by atoms with van der Waals surface area (Å²) in [6.07, 6.45) is 0. The SMILES string of the molecule is CC(=O)N(c1ccc(-c2cccc3c2oc2ccccc23)cc1)c1ccc(-c2cccc3c2oc2ccccc23)cc1. The van der Waals surface area contributed by atoms with E-state index in [4.69, 9.17) is 8.83 Å². The normalized spacial score (nSPS) is 11.5. The number of rotatable bonds is 4. The number of para-hydroxylation sites is 4. The number of hydrogen-bond acceptors (Lipinski definition) is 3. The predicted molar refractivity (Wildman–Crippen MR) is 171 cm³/mol. The average molecular weight is 544 g/mol. The van der Waals surface area contributed by atoms with E-state index in [9.17, 15) is 4.79 Å². The molecule has 8 rings (SSSR count). The fraction of sp³-hybridized carbons (Fsp3) is 0.0263. The third-order valence-electron chi connectivity index (χ3n) is 8.00. The Kier molecular flexibility index (Phi) is 5.47.